The molecule has 0 spiro atoms. The fourth-order valence-corrected chi connectivity index (χ4v) is 9.40. The van der Waals surface area contributed by atoms with Gasteiger partial charge in [-0.25, -0.2) is 0 Å². The molecule has 0 aliphatic heterocycles. The number of allylic oxidation sites excluding steroid dienone is 20. The van der Waals surface area contributed by atoms with Gasteiger partial charge >= 0.3 is 17.9 Å². The maximum Gasteiger partial charge on any atom is 0.306 e. The third-order valence-corrected chi connectivity index (χ3v) is 14.4. The normalized spacial score (nSPS) is 12.9. The van der Waals surface area contributed by atoms with E-state index in [2.05, 4.69) is 142 Å². The Morgan fingerprint density at radius 2 is 0.481 bits per heavy atom. The van der Waals surface area contributed by atoms with E-state index in [9.17, 15) is 14.4 Å². The van der Waals surface area contributed by atoms with Gasteiger partial charge in [-0.3, -0.25) is 14.4 Å². The first-order valence-electron chi connectivity index (χ1n) is 34.0. The highest BCUT2D eigenvalue weighted by Gasteiger charge is 2.19. The standard InChI is InChI=1S/C75H126O6/c1-4-7-10-13-16-19-22-25-28-30-32-34-36-37-39-40-42-44-47-50-53-56-59-62-65-68-74(77)80-71-72(70-79-73(76)67-64-61-58-55-52-49-46-27-24-21-18-15-12-9-6-3)81-75(78)69-66-63-60-57-54-51-48-45-43-41-38-35-33-31-29-26-23-20-17-14-11-8-5-2/h7,9-10,12,16,18-19,21,25,27-28,31-34,37,39,42,44,46,72H,4-6,8,11,13-15,17,20,22-24,26,29-30,35-36,38,40-41,43,45,47-71H2,1-3H3/b10-7-,12-9-,19-16-,21-18-,28-25-,33-31-,34-32-,39-37-,44-42-,46-27-. The molecule has 1 atom stereocenters. The Morgan fingerprint density at radius 3 is 0.765 bits per heavy atom. The maximum absolute atomic E-state index is 13.0. The zero-order valence-electron chi connectivity index (χ0n) is 53.0. The lowest BCUT2D eigenvalue weighted by atomic mass is 10.0. The van der Waals surface area contributed by atoms with Crippen LogP contribution in [0.3, 0.4) is 0 Å². The largest absolute Gasteiger partial charge is 0.462 e. The molecule has 0 saturated heterocycles. The number of ether oxygens (including phenoxy) is 3. The highest BCUT2D eigenvalue weighted by Crippen LogP contribution is 2.16. The van der Waals surface area contributed by atoms with Gasteiger partial charge in [-0.15, -0.1) is 0 Å². The van der Waals surface area contributed by atoms with E-state index in [4.69, 9.17) is 14.2 Å². The Labute approximate surface area is 501 Å². The fourth-order valence-electron chi connectivity index (χ4n) is 9.40. The van der Waals surface area contributed by atoms with Crippen LogP contribution in [0.1, 0.15) is 316 Å². The predicted molar refractivity (Wildman–Crippen MR) is 353 cm³/mol. The first-order chi connectivity index (χ1) is 40.0. The van der Waals surface area contributed by atoms with Crippen LogP contribution in [0, 0.1) is 0 Å². The first-order valence-corrected chi connectivity index (χ1v) is 34.0. The van der Waals surface area contributed by atoms with Gasteiger partial charge in [-0.1, -0.05) is 290 Å². The minimum absolute atomic E-state index is 0.0933. The summed E-state index contributed by atoms with van der Waals surface area (Å²) in [6.07, 6.45) is 95.0. The van der Waals surface area contributed by atoms with E-state index in [0.717, 1.165) is 148 Å². The van der Waals surface area contributed by atoms with Crippen LogP contribution in [0.2, 0.25) is 0 Å². The lowest BCUT2D eigenvalue weighted by Gasteiger charge is -2.18. The second-order valence-corrected chi connectivity index (χ2v) is 22.3. The van der Waals surface area contributed by atoms with Crippen molar-refractivity contribution in [1.82, 2.24) is 0 Å². The second-order valence-electron chi connectivity index (χ2n) is 22.3. The van der Waals surface area contributed by atoms with Crippen molar-refractivity contribution in [3.63, 3.8) is 0 Å². The molecule has 0 radical (unpaired) electrons. The molecule has 0 bridgehead atoms. The van der Waals surface area contributed by atoms with Crippen LogP contribution in [-0.4, -0.2) is 37.2 Å². The predicted octanol–water partition coefficient (Wildman–Crippen LogP) is 23.6. The average Bonchev–Trinajstić information content (AvgIpc) is 3.47. The highest BCUT2D eigenvalue weighted by atomic mass is 16.6. The monoisotopic (exact) mass is 1120 g/mol. The molecule has 0 aliphatic carbocycles. The molecular formula is C75H126O6. The van der Waals surface area contributed by atoms with Gasteiger partial charge in [0.2, 0.25) is 0 Å². The average molecular weight is 1120 g/mol. The molecule has 1 unspecified atom stereocenters. The summed E-state index contributed by atoms with van der Waals surface area (Å²) in [4.78, 5) is 38.4. The summed E-state index contributed by atoms with van der Waals surface area (Å²) in [5.74, 6) is -0.916. The number of rotatable bonds is 61. The zero-order valence-corrected chi connectivity index (χ0v) is 53.0. The van der Waals surface area contributed by atoms with Gasteiger partial charge < -0.3 is 14.2 Å². The summed E-state index contributed by atoms with van der Waals surface area (Å²) in [7, 11) is 0. The fraction of sp³-hybridized carbons (Fsp3) is 0.693. The number of hydrogen-bond donors (Lipinski definition) is 0. The van der Waals surface area contributed by atoms with Crippen molar-refractivity contribution in [2.75, 3.05) is 13.2 Å². The number of carbonyl (C=O) groups is 3. The molecule has 0 rings (SSSR count). The first kappa shape index (κ1) is 76.8. The van der Waals surface area contributed by atoms with E-state index in [1.807, 2.05) is 0 Å². The van der Waals surface area contributed by atoms with Gasteiger partial charge in [-0.2, -0.15) is 0 Å². The highest BCUT2D eigenvalue weighted by molar-refractivity contribution is 5.71. The van der Waals surface area contributed by atoms with Crippen LogP contribution in [-0.2, 0) is 28.6 Å². The Kier molecular flexibility index (Phi) is 64.8. The van der Waals surface area contributed by atoms with Crippen LogP contribution in [0.25, 0.3) is 0 Å². The van der Waals surface area contributed by atoms with E-state index in [1.54, 1.807) is 0 Å². The molecule has 6 nitrogen and oxygen atoms in total. The minimum atomic E-state index is -0.797. The summed E-state index contributed by atoms with van der Waals surface area (Å²) in [6.45, 7) is 6.41. The van der Waals surface area contributed by atoms with Crippen LogP contribution >= 0.6 is 0 Å². The molecule has 0 aliphatic rings. The van der Waals surface area contributed by atoms with Gasteiger partial charge in [0, 0.05) is 19.3 Å². The summed E-state index contributed by atoms with van der Waals surface area (Å²) in [5, 5.41) is 0. The van der Waals surface area contributed by atoms with E-state index < -0.39 is 6.10 Å². The van der Waals surface area contributed by atoms with Crippen molar-refractivity contribution in [3.8, 4) is 0 Å². The SMILES string of the molecule is CC/C=C\C/C=C\C/C=C\C/C=C\C/C=C\C/C=C\CCCCCCCCC(=O)OCC(COC(=O)CCCCCCC/C=C\C/C=C\C/C=C\CC)OC(=O)CCCCCCCCCCCCC/C=C\CCCCCCCCCC. The summed E-state index contributed by atoms with van der Waals surface area (Å²) in [6, 6.07) is 0. The maximum atomic E-state index is 13.0. The number of hydrogen-bond acceptors (Lipinski definition) is 6. The van der Waals surface area contributed by atoms with E-state index >= 15 is 0 Å². The van der Waals surface area contributed by atoms with Crippen molar-refractivity contribution >= 4 is 17.9 Å². The summed E-state index contributed by atoms with van der Waals surface area (Å²) >= 11 is 0. The molecule has 81 heavy (non-hydrogen) atoms. The molecule has 0 N–H and O–H groups in total. The topological polar surface area (TPSA) is 78.9 Å². The van der Waals surface area contributed by atoms with Crippen molar-refractivity contribution in [2.24, 2.45) is 0 Å². The third-order valence-electron chi connectivity index (χ3n) is 14.4. The molecular weight excluding hydrogens is 997 g/mol. The van der Waals surface area contributed by atoms with Gasteiger partial charge in [0.25, 0.3) is 0 Å². The smallest absolute Gasteiger partial charge is 0.306 e. The Bertz CT molecular complexity index is 1670. The Hall–Kier alpha value is -4.19. The van der Waals surface area contributed by atoms with Crippen LogP contribution in [0.5, 0.6) is 0 Å². The third kappa shape index (κ3) is 66.5. The van der Waals surface area contributed by atoms with Crippen LogP contribution < -0.4 is 0 Å². The number of esters is 3. The molecule has 0 aromatic rings. The number of carbonyl (C=O) groups excluding carboxylic acids is 3. The molecule has 6 heteroatoms. The van der Waals surface area contributed by atoms with E-state index in [0.29, 0.717) is 19.3 Å². The molecule has 0 aromatic carbocycles. The number of unbranched alkanes of at least 4 members (excludes halogenated alkanes) is 30. The van der Waals surface area contributed by atoms with Crippen LogP contribution in [0.15, 0.2) is 122 Å². The lowest BCUT2D eigenvalue weighted by molar-refractivity contribution is -0.167. The summed E-state index contributed by atoms with van der Waals surface area (Å²) < 4.78 is 16.9. The van der Waals surface area contributed by atoms with Gasteiger partial charge in [0.1, 0.15) is 13.2 Å². The molecule has 0 heterocycles. The zero-order chi connectivity index (χ0) is 58.5. The van der Waals surface area contributed by atoms with Crippen LogP contribution in [0.4, 0.5) is 0 Å². The van der Waals surface area contributed by atoms with Crippen molar-refractivity contribution < 1.29 is 28.6 Å². The van der Waals surface area contributed by atoms with Crippen molar-refractivity contribution in [3.05, 3.63) is 122 Å². The Morgan fingerprint density at radius 1 is 0.259 bits per heavy atom. The van der Waals surface area contributed by atoms with Gasteiger partial charge in [0.05, 0.1) is 0 Å². The quantitative estimate of drug-likeness (QED) is 0.0261. The minimum Gasteiger partial charge on any atom is -0.462 e. The second kappa shape index (κ2) is 68.3. The van der Waals surface area contributed by atoms with Gasteiger partial charge in [0.15, 0.2) is 6.10 Å². The van der Waals surface area contributed by atoms with E-state index in [1.165, 1.54) is 128 Å². The molecule has 0 fully saturated rings. The molecule has 0 amide bonds. The van der Waals surface area contributed by atoms with Gasteiger partial charge in [-0.05, 0) is 128 Å². The molecule has 0 aromatic heterocycles. The molecule has 0 saturated carbocycles. The molecule has 462 valence electrons. The Balaban J connectivity index is 4.40. The van der Waals surface area contributed by atoms with Crippen molar-refractivity contribution in [2.45, 2.75) is 322 Å². The van der Waals surface area contributed by atoms with Crippen molar-refractivity contribution in [1.29, 1.82) is 0 Å². The summed E-state index contributed by atoms with van der Waals surface area (Å²) in [5.41, 5.74) is 0. The van der Waals surface area contributed by atoms with E-state index in [-0.39, 0.29) is 31.1 Å². The lowest BCUT2D eigenvalue weighted by Crippen LogP contribution is -2.30.